The van der Waals surface area contributed by atoms with Gasteiger partial charge in [-0.2, -0.15) is 0 Å². The fourth-order valence-corrected chi connectivity index (χ4v) is 2.06. The van der Waals surface area contributed by atoms with Crippen LogP contribution in [0.15, 0.2) is 22.8 Å². The Hall–Kier alpha value is -1.69. The van der Waals surface area contributed by atoms with Crippen molar-refractivity contribution in [2.24, 2.45) is 0 Å². The van der Waals surface area contributed by atoms with E-state index in [0.717, 1.165) is 15.9 Å². The van der Waals surface area contributed by atoms with Gasteiger partial charge >= 0.3 is 0 Å². The summed E-state index contributed by atoms with van der Waals surface area (Å²) >= 11 is 3.37. The van der Waals surface area contributed by atoms with Crippen LogP contribution in [0.1, 0.15) is 0 Å². The van der Waals surface area contributed by atoms with E-state index < -0.39 is 0 Å². The van der Waals surface area contributed by atoms with Crippen LogP contribution in [0.3, 0.4) is 0 Å². The highest BCUT2D eigenvalue weighted by Crippen LogP contribution is 2.34. The second-order valence-electron chi connectivity index (χ2n) is 3.35. The van der Waals surface area contributed by atoms with Gasteiger partial charge in [0.1, 0.15) is 10.3 Å². The Kier molecular flexibility index (Phi) is 3.23. The van der Waals surface area contributed by atoms with Gasteiger partial charge in [-0.1, -0.05) is 0 Å². The number of aromatic amines is 1. The molecule has 2 rings (SSSR count). The van der Waals surface area contributed by atoms with Crippen molar-refractivity contribution < 1.29 is 9.47 Å². The molecule has 6 heteroatoms. The molecule has 0 aliphatic heterocycles. The Balaban J connectivity index is 2.50. The lowest BCUT2D eigenvalue weighted by atomic mass is 10.1. The molecule has 0 aliphatic carbocycles. The Labute approximate surface area is 107 Å². The van der Waals surface area contributed by atoms with Crippen LogP contribution in [0, 0.1) is 0 Å². The normalized spacial score (nSPS) is 10.3. The lowest BCUT2D eigenvalue weighted by Crippen LogP contribution is -1.91. The maximum absolute atomic E-state index is 5.59. The zero-order valence-corrected chi connectivity index (χ0v) is 11.0. The molecule has 0 fully saturated rings. The number of hydrogen-bond acceptors (Lipinski definition) is 4. The third kappa shape index (κ3) is 2.21. The second kappa shape index (κ2) is 4.67. The standard InChI is InChI=1S/C11H12BrN3O2/c1-16-7-4-3-6(5-8(7)17-2)9-10(12)15-11(13)14-9/h3-5H,1-2H3,(H3,13,14,15). The fourth-order valence-electron chi connectivity index (χ4n) is 1.54. The summed E-state index contributed by atoms with van der Waals surface area (Å²) in [5.74, 6) is 1.69. The number of benzene rings is 1. The number of aromatic nitrogens is 2. The van der Waals surface area contributed by atoms with E-state index in [1.54, 1.807) is 14.2 Å². The van der Waals surface area contributed by atoms with E-state index in [4.69, 9.17) is 15.2 Å². The number of halogens is 1. The summed E-state index contributed by atoms with van der Waals surface area (Å²) in [4.78, 5) is 7.07. The van der Waals surface area contributed by atoms with Crippen LogP contribution in [0.25, 0.3) is 11.3 Å². The number of nitrogens with two attached hydrogens (primary N) is 1. The number of H-pyrrole nitrogens is 1. The summed E-state index contributed by atoms with van der Waals surface area (Å²) in [7, 11) is 3.19. The molecule has 5 nitrogen and oxygen atoms in total. The van der Waals surface area contributed by atoms with Crippen LogP contribution in [0.2, 0.25) is 0 Å². The fraction of sp³-hybridized carbons (Fsp3) is 0.182. The lowest BCUT2D eigenvalue weighted by Gasteiger charge is -2.08. The zero-order valence-electron chi connectivity index (χ0n) is 9.45. The van der Waals surface area contributed by atoms with Crippen molar-refractivity contribution in [3.8, 4) is 22.8 Å². The van der Waals surface area contributed by atoms with Crippen molar-refractivity contribution in [1.29, 1.82) is 0 Å². The van der Waals surface area contributed by atoms with Gasteiger partial charge in [-0.15, -0.1) is 0 Å². The predicted molar refractivity (Wildman–Crippen MR) is 69.2 cm³/mol. The summed E-state index contributed by atoms with van der Waals surface area (Å²) < 4.78 is 11.1. The maximum Gasteiger partial charge on any atom is 0.198 e. The molecule has 0 bridgehead atoms. The van der Waals surface area contributed by atoms with Crippen LogP contribution >= 0.6 is 15.9 Å². The van der Waals surface area contributed by atoms with E-state index in [0.29, 0.717) is 17.4 Å². The van der Waals surface area contributed by atoms with E-state index in [1.807, 2.05) is 18.2 Å². The molecular formula is C11H12BrN3O2. The molecule has 1 aromatic heterocycles. The highest BCUT2D eigenvalue weighted by Gasteiger charge is 2.11. The van der Waals surface area contributed by atoms with Crippen molar-refractivity contribution in [3.63, 3.8) is 0 Å². The number of imidazole rings is 1. The lowest BCUT2D eigenvalue weighted by molar-refractivity contribution is 0.355. The number of rotatable bonds is 3. The quantitative estimate of drug-likeness (QED) is 0.913. The molecule has 0 radical (unpaired) electrons. The third-order valence-corrected chi connectivity index (χ3v) is 2.91. The van der Waals surface area contributed by atoms with E-state index in [1.165, 1.54) is 0 Å². The molecule has 0 saturated heterocycles. The number of hydrogen-bond donors (Lipinski definition) is 2. The number of nitrogens with one attached hydrogen (secondary N) is 1. The molecule has 90 valence electrons. The second-order valence-corrected chi connectivity index (χ2v) is 4.15. The largest absolute Gasteiger partial charge is 0.493 e. The van der Waals surface area contributed by atoms with Crippen molar-refractivity contribution in [2.75, 3.05) is 20.0 Å². The molecule has 1 heterocycles. The molecule has 0 amide bonds. The molecule has 17 heavy (non-hydrogen) atoms. The maximum atomic E-state index is 5.59. The van der Waals surface area contributed by atoms with Gasteiger partial charge in [-0.25, -0.2) is 4.98 Å². The summed E-state index contributed by atoms with van der Waals surface area (Å²) in [5.41, 5.74) is 7.22. The van der Waals surface area contributed by atoms with Gasteiger partial charge in [0, 0.05) is 5.56 Å². The number of nitrogen functional groups attached to an aromatic ring is 1. The minimum atomic E-state index is 0.363. The predicted octanol–water partition coefficient (Wildman–Crippen LogP) is 2.44. The zero-order chi connectivity index (χ0) is 12.4. The van der Waals surface area contributed by atoms with Gasteiger partial charge < -0.3 is 20.2 Å². The minimum Gasteiger partial charge on any atom is -0.493 e. The van der Waals surface area contributed by atoms with Crippen LogP contribution < -0.4 is 15.2 Å². The Bertz CT molecular complexity index is 540. The van der Waals surface area contributed by atoms with Crippen molar-refractivity contribution in [2.45, 2.75) is 0 Å². The van der Waals surface area contributed by atoms with Crippen molar-refractivity contribution in [3.05, 3.63) is 22.8 Å². The highest BCUT2D eigenvalue weighted by molar-refractivity contribution is 9.10. The van der Waals surface area contributed by atoms with Gasteiger partial charge in [0.15, 0.2) is 17.4 Å². The van der Waals surface area contributed by atoms with E-state index in [2.05, 4.69) is 25.9 Å². The van der Waals surface area contributed by atoms with Gasteiger partial charge in [0.2, 0.25) is 0 Å². The van der Waals surface area contributed by atoms with Gasteiger partial charge in [0.05, 0.1) is 14.2 Å². The molecule has 0 unspecified atom stereocenters. The Morgan fingerprint density at radius 1 is 1.24 bits per heavy atom. The van der Waals surface area contributed by atoms with E-state index in [-0.39, 0.29) is 0 Å². The molecule has 0 aliphatic rings. The third-order valence-electron chi connectivity index (χ3n) is 2.33. The van der Waals surface area contributed by atoms with Crippen LogP contribution in [0.4, 0.5) is 5.95 Å². The molecule has 3 N–H and O–H groups in total. The Morgan fingerprint density at radius 2 is 1.94 bits per heavy atom. The summed E-state index contributed by atoms with van der Waals surface area (Å²) in [6.45, 7) is 0. The Morgan fingerprint density at radius 3 is 2.47 bits per heavy atom. The van der Waals surface area contributed by atoms with Crippen molar-refractivity contribution in [1.82, 2.24) is 9.97 Å². The SMILES string of the molecule is COc1ccc(-c2nc(N)[nH]c2Br)cc1OC. The van der Waals surface area contributed by atoms with Crippen LogP contribution in [0.5, 0.6) is 11.5 Å². The molecular weight excluding hydrogens is 286 g/mol. The molecule has 0 atom stereocenters. The number of anilines is 1. The first-order valence-corrected chi connectivity index (χ1v) is 5.68. The molecule has 0 saturated carbocycles. The van der Waals surface area contributed by atoms with Crippen LogP contribution in [-0.2, 0) is 0 Å². The molecule has 1 aromatic carbocycles. The average molecular weight is 298 g/mol. The highest BCUT2D eigenvalue weighted by atomic mass is 79.9. The summed E-state index contributed by atoms with van der Waals surface area (Å²) in [5, 5.41) is 0. The first kappa shape index (κ1) is 11.8. The molecule has 2 aromatic rings. The summed E-state index contributed by atoms with van der Waals surface area (Å²) in [6, 6.07) is 5.56. The van der Waals surface area contributed by atoms with Crippen LogP contribution in [-0.4, -0.2) is 24.2 Å². The monoisotopic (exact) mass is 297 g/mol. The first-order chi connectivity index (χ1) is 8.15. The van der Waals surface area contributed by atoms with Crippen molar-refractivity contribution >= 4 is 21.9 Å². The molecule has 0 spiro atoms. The summed E-state index contributed by atoms with van der Waals surface area (Å²) in [6.07, 6.45) is 0. The minimum absolute atomic E-state index is 0.363. The smallest absolute Gasteiger partial charge is 0.198 e. The van der Waals surface area contributed by atoms with Gasteiger partial charge in [0.25, 0.3) is 0 Å². The first-order valence-electron chi connectivity index (χ1n) is 4.89. The number of methoxy groups -OCH3 is 2. The number of ether oxygens (including phenoxy) is 2. The topological polar surface area (TPSA) is 73.2 Å². The average Bonchev–Trinajstić information content (AvgIpc) is 2.67. The number of nitrogens with zero attached hydrogens (tertiary/aromatic N) is 1. The van der Waals surface area contributed by atoms with E-state index in [9.17, 15) is 0 Å². The van der Waals surface area contributed by atoms with Gasteiger partial charge in [-0.3, -0.25) is 0 Å². The van der Waals surface area contributed by atoms with E-state index >= 15 is 0 Å². The van der Waals surface area contributed by atoms with Gasteiger partial charge in [-0.05, 0) is 34.1 Å².